The van der Waals surface area contributed by atoms with E-state index in [0.717, 1.165) is 16.8 Å². The van der Waals surface area contributed by atoms with Gasteiger partial charge in [-0.25, -0.2) is 8.42 Å². The molecule has 1 aromatic heterocycles. The summed E-state index contributed by atoms with van der Waals surface area (Å²) >= 11 is 0. The van der Waals surface area contributed by atoms with Gasteiger partial charge in [0.05, 0.1) is 4.90 Å². The maximum atomic E-state index is 12.6. The Kier molecular flexibility index (Phi) is 5.41. The lowest BCUT2D eigenvalue weighted by molar-refractivity contribution is 0.601. The molecule has 3 aromatic rings. The van der Waals surface area contributed by atoms with E-state index in [9.17, 15) is 8.42 Å². The van der Waals surface area contributed by atoms with E-state index < -0.39 is 10.0 Å². The molecule has 0 saturated heterocycles. The minimum Gasteiger partial charge on any atom is -0.325 e. The van der Waals surface area contributed by atoms with Crippen LogP contribution in [0.4, 0.5) is 17.3 Å². The zero-order valence-electron chi connectivity index (χ0n) is 15.5. The molecule has 6 nitrogen and oxygen atoms in total. The number of benzene rings is 2. The van der Waals surface area contributed by atoms with Gasteiger partial charge in [0.25, 0.3) is 10.0 Å². The van der Waals surface area contributed by atoms with Gasteiger partial charge in [0, 0.05) is 12.2 Å². The molecule has 0 spiro atoms. The molecule has 1 N–H and O–H groups in total. The van der Waals surface area contributed by atoms with Crippen LogP contribution < -0.4 is 9.62 Å². The average molecular weight is 382 g/mol. The van der Waals surface area contributed by atoms with Crippen molar-refractivity contribution in [1.82, 2.24) is 10.2 Å². The third-order valence-electron chi connectivity index (χ3n) is 4.34. The molecular formula is C20H22N4O2S. The van der Waals surface area contributed by atoms with Crippen molar-refractivity contribution in [2.75, 3.05) is 16.2 Å². The van der Waals surface area contributed by atoms with Crippen molar-refractivity contribution in [2.45, 2.75) is 25.7 Å². The van der Waals surface area contributed by atoms with Crippen LogP contribution in [-0.4, -0.2) is 25.2 Å². The Hall–Kier alpha value is -2.93. The first-order chi connectivity index (χ1) is 12.9. The van der Waals surface area contributed by atoms with Crippen molar-refractivity contribution in [2.24, 2.45) is 0 Å². The van der Waals surface area contributed by atoms with Crippen LogP contribution in [0.3, 0.4) is 0 Å². The molecule has 27 heavy (non-hydrogen) atoms. The second-order valence-corrected chi connectivity index (χ2v) is 7.89. The van der Waals surface area contributed by atoms with E-state index >= 15 is 0 Å². The minimum absolute atomic E-state index is 0.182. The minimum atomic E-state index is -3.71. The fourth-order valence-electron chi connectivity index (χ4n) is 2.69. The number of hydrogen-bond donors (Lipinski definition) is 1. The Morgan fingerprint density at radius 2 is 1.67 bits per heavy atom. The van der Waals surface area contributed by atoms with Gasteiger partial charge in [-0.3, -0.25) is 4.72 Å². The highest BCUT2D eigenvalue weighted by molar-refractivity contribution is 7.92. The van der Waals surface area contributed by atoms with Crippen LogP contribution in [0, 0.1) is 13.8 Å². The molecule has 0 saturated carbocycles. The van der Waals surface area contributed by atoms with Crippen molar-refractivity contribution < 1.29 is 8.42 Å². The fourth-order valence-corrected chi connectivity index (χ4v) is 3.77. The lowest BCUT2D eigenvalue weighted by Gasteiger charge is -2.21. The largest absolute Gasteiger partial charge is 0.325 e. The number of sulfonamides is 1. The first kappa shape index (κ1) is 18.8. The van der Waals surface area contributed by atoms with Crippen LogP contribution >= 0.6 is 0 Å². The summed E-state index contributed by atoms with van der Waals surface area (Å²) in [7, 11) is -3.71. The van der Waals surface area contributed by atoms with E-state index in [1.807, 2.05) is 56.0 Å². The molecule has 0 aliphatic rings. The van der Waals surface area contributed by atoms with Gasteiger partial charge < -0.3 is 4.90 Å². The third kappa shape index (κ3) is 4.25. The molecule has 3 rings (SSSR count). The van der Waals surface area contributed by atoms with Crippen molar-refractivity contribution in [3.05, 3.63) is 71.8 Å². The number of aromatic nitrogens is 2. The molecule has 0 bridgehead atoms. The second kappa shape index (κ2) is 7.75. The molecule has 0 aliphatic carbocycles. The van der Waals surface area contributed by atoms with Gasteiger partial charge in [-0.1, -0.05) is 24.3 Å². The van der Waals surface area contributed by atoms with E-state index in [4.69, 9.17) is 0 Å². The number of aryl methyl sites for hydroxylation is 2. The van der Waals surface area contributed by atoms with Gasteiger partial charge in [0.1, 0.15) is 0 Å². The van der Waals surface area contributed by atoms with Crippen LogP contribution in [0.25, 0.3) is 0 Å². The maximum Gasteiger partial charge on any atom is 0.263 e. The molecule has 0 aliphatic heterocycles. The Morgan fingerprint density at radius 1 is 0.926 bits per heavy atom. The highest BCUT2D eigenvalue weighted by Gasteiger charge is 2.16. The van der Waals surface area contributed by atoms with Crippen LogP contribution in [0.15, 0.2) is 65.6 Å². The molecule has 0 unspecified atom stereocenters. The SMILES string of the molecule is CCN(c1ccccc1)c1ccc(NS(=O)(=O)c2ccc(C)c(C)c2)nn1. The highest BCUT2D eigenvalue weighted by atomic mass is 32.2. The van der Waals surface area contributed by atoms with Gasteiger partial charge in [-0.15, -0.1) is 10.2 Å². The molecule has 140 valence electrons. The number of nitrogens with one attached hydrogen (secondary N) is 1. The van der Waals surface area contributed by atoms with Crippen molar-refractivity contribution in [3.63, 3.8) is 0 Å². The molecule has 0 atom stereocenters. The summed E-state index contributed by atoms with van der Waals surface area (Å²) in [5.41, 5.74) is 2.96. The molecule has 0 amide bonds. The van der Waals surface area contributed by atoms with E-state index in [0.29, 0.717) is 12.4 Å². The molecule has 1 heterocycles. The summed E-state index contributed by atoms with van der Waals surface area (Å²) in [5.74, 6) is 0.832. The van der Waals surface area contributed by atoms with Crippen LogP contribution in [-0.2, 0) is 10.0 Å². The van der Waals surface area contributed by atoms with Gasteiger partial charge in [-0.05, 0) is 68.3 Å². The third-order valence-corrected chi connectivity index (χ3v) is 5.69. The zero-order valence-corrected chi connectivity index (χ0v) is 16.4. The van der Waals surface area contributed by atoms with Gasteiger partial charge in [0.15, 0.2) is 11.6 Å². The zero-order chi connectivity index (χ0) is 19.4. The second-order valence-electron chi connectivity index (χ2n) is 6.21. The van der Waals surface area contributed by atoms with E-state index in [-0.39, 0.29) is 10.7 Å². The average Bonchev–Trinajstić information content (AvgIpc) is 2.66. The number of nitrogens with zero attached hydrogens (tertiary/aromatic N) is 3. The molecule has 0 fully saturated rings. The van der Waals surface area contributed by atoms with E-state index in [1.165, 1.54) is 0 Å². The van der Waals surface area contributed by atoms with E-state index in [2.05, 4.69) is 14.9 Å². The van der Waals surface area contributed by atoms with Crippen LogP contribution in [0.5, 0.6) is 0 Å². The molecule has 0 radical (unpaired) electrons. The molecule has 2 aromatic carbocycles. The normalized spacial score (nSPS) is 11.2. The Morgan fingerprint density at radius 3 is 2.26 bits per heavy atom. The smallest absolute Gasteiger partial charge is 0.263 e. The van der Waals surface area contributed by atoms with Gasteiger partial charge in [-0.2, -0.15) is 0 Å². The first-order valence-electron chi connectivity index (χ1n) is 8.67. The maximum absolute atomic E-state index is 12.6. The number of rotatable bonds is 6. The Bertz CT molecular complexity index is 1020. The molecular weight excluding hydrogens is 360 g/mol. The summed E-state index contributed by atoms with van der Waals surface area (Å²) in [6, 6.07) is 18.2. The predicted octanol–water partition coefficient (Wildman–Crippen LogP) is 4.05. The number of hydrogen-bond acceptors (Lipinski definition) is 5. The summed E-state index contributed by atoms with van der Waals surface area (Å²) in [6.45, 7) is 6.55. The Labute approximate surface area is 159 Å². The predicted molar refractivity (Wildman–Crippen MR) is 108 cm³/mol. The lowest BCUT2D eigenvalue weighted by atomic mass is 10.1. The summed E-state index contributed by atoms with van der Waals surface area (Å²) in [6.07, 6.45) is 0. The van der Waals surface area contributed by atoms with Gasteiger partial charge in [0.2, 0.25) is 0 Å². The monoisotopic (exact) mass is 382 g/mol. The number of para-hydroxylation sites is 1. The summed E-state index contributed by atoms with van der Waals surface area (Å²) < 4.78 is 27.6. The topological polar surface area (TPSA) is 75.2 Å². The summed E-state index contributed by atoms with van der Waals surface area (Å²) in [5, 5.41) is 8.23. The van der Waals surface area contributed by atoms with E-state index in [1.54, 1.807) is 30.3 Å². The highest BCUT2D eigenvalue weighted by Crippen LogP contribution is 2.23. The molecule has 7 heteroatoms. The van der Waals surface area contributed by atoms with Crippen molar-refractivity contribution in [3.8, 4) is 0 Å². The fraction of sp³-hybridized carbons (Fsp3) is 0.200. The lowest BCUT2D eigenvalue weighted by Crippen LogP contribution is -2.19. The van der Waals surface area contributed by atoms with Crippen molar-refractivity contribution >= 4 is 27.3 Å². The van der Waals surface area contributed by atoms with Crippen LogP contribution in [0.2, 0.25) is 0 Å². The van der Waals surface area contributed by atoms with Crippen molar-refractivity contribution in [1.29, 1.82) is 0 Å². The standard InChI is InChI=1S/C20H22N4O2S/c1-4-24(17-8-6-5-7-9-17)20-13-12-19(21-22-20)23-27(25,26)18-11-10-15(2)16(3)14-18/h5-14H,4H2,1-3H3,(H,21,23). The quantitative estimate of drug-likeness (QED) is 0.696. The van der Waals surface area contributed by atoms with Gasteiger partial charge >= 0.3 is 0 Å². The first-order valence-corrected chi connectivity index (χ1v) is 10.2. The Balaban J connectivity index is 1.82. The summed E-state index contributed by atoms with van der Waals surface area (Å²) in [4.78, 5) is 2.20. The number of anilines is 3. The van der Waals surface area contributed by atoms with Crippen LogP contribution in [0.1, 0.15) is 18.1 Å².